The smallest absolute Gasteiger partial charge is 0.201 e. The number of hydrogen-bond acceptors (Lipinski definition) is 4. The molecule has 1 saturated carbocycles. The monoisotopic (exact) mass is 270 g/mol. The second kappa shape index (κ2) is 4.22. The molecule has 0 aliphatic heterocycles. The molecule has 104 valence electrons. The van der Waals surface area contributed by atoms with Crippen LogP contribution in [0.15, 0.2) is 18.2 Å². The molecule has 0 amide bonds. The van der Waals surface area contributed by atoms with Crippen molar-refractivity contribution in [3.63, 3.8) is 0 Å². The van der Waals surface area contributed by atoms with E-state index >= 15 is 0 Å². The van der Waals surface area contributed by atoms with Crippen LogP contribution in [-0.2, 0) is 4.74 Å². The average molecular weight is 270 g/mol. The molecule has 20 heavy (non-hydrogen) atoms. The molecule has 0 radical (unpaired) electrons. The van der Waals surface area contributed by atoms with E-state index in [4.69, 9.17) is 15.7 Å². The number of methoxy groups -OCH3 is 1. The number of nitrogen functional groups attached to an aromatic ring is 1. The molecule has 2 atom stereocenters. The van der Waals surface area contributed by atoms with E-state index in [1.54, 1.807) is 13.2 Å². The Bertz CT molecular complexity index is 710. The Morgan fingerprint density at radius 1 is 1.50 bits per heavy atom. The Morgan fingerprint density at radius 2 is 2.25 bits per heavy atom. The van der Waals surface area contributed by atoms with Gasteiger partial charge in [0.25, 0.3) is 0 Å². The number of ether oxygens (including phenoxy) is 1. The van der Waals surface area contributed by atoms with Gasteiger partial charge in [-0.2, -0.15) is 5.26 Å². The highest BCUT2D eigenvalue weighted by atomic mass is 16.5. The predicted molar refractivity (Wildman–Crippen MR) is 77.1 cm³/mol. The molecule has 3 rings (SSSR count). The Hall–Kier alpha value is -2.06. The minimum Gasteiger partial charge on any atom is -0.381 e. The highest BCUT2D eigenvalue weighted by molar-refractivity contribution is 5.84. The Labute approximate surface area is 118 Å². The fourth-order valence-electron chi connectivity index (χ4n) is 3.26. The van der Waals surface area contributed by atoms with E-state index < -0.39 is 0 Å². The van der Waals surface area contributed by atoms with E-state index in [2.05, 4.69) is 24.9 Å². The Balaban J connectivity index is 2.15. The van der Waals surface area contributed by atoms with Gasteiger partial charge < -0.3 is 15.0 Å². The first kappa shape index (κ1) is 12.9. The van der Waals surface area contributed by atoms with Gasteiger partial charge in [0.15, 0.2) is 0 Å². The summed E-state index contributed by atoms with van der Waals surface area (Å²) in [5.74, 6) is 0.468. The van der Waals surface area contributed by atoms with Crippen molar-refractivity contribution in [3.8, 4) is 6.07 Å². The lowest BCUT2D eigenvalue weighted by Crippen LogP contribution is -2.51. The van der Waals surface area contributed by atoms with E-state index in [9.17, 15) is 0 Å². The van der Waals surface area contributed by atoms with Gasteiger partial charge in [-0.1, -0.05) is 19.9 Å². The van der Waals surface area contributed by atoms with Crippen LogP contribution in [0, 0.1) is 16.7 Å². The van der Waals surface area contributed by atoms with Crippen LogP contribution < -0.4 is 5.73 Å². The van der Waals surface area contributed by atoms with Gasteiger partial charge in [0, 0.05) is 18.6 Å². The molecule has 2 unspecified atom stereocenters. The third kappa shape index (κ3) is 1.55. The van der Waals surface area contributed by atoms with Gasteiger partial charge >= 0.3 is 0 Å². The highest BCUT2D eigenvalue weighted by Gasteiger charge is 2.50. The highest BCUT2D eigenvalue weighted by Crippen LogP contribution is 2.52. The molecule has 5 heteroatoms. The van der Waals surface area contributed by atoms with Crippen molar-refractivity contribution >= 4 is 17.0 Å². The number of benzene rings is 1. The number of hydrogen-bond donors (Lipinski definition) is 1. The van der Waals surface area contributed by atoms with Crippen LogP contribution >= 0.6 is 0 Å². The van der Waals surface area contributed by atoms with Crippen LogP contribution in [0.2, 0.25) is 0 Å². The summed E-state index contributed by atoms with van der Waals surface area (Å²) in [5.41, 5.74) is 8.27. The largest absolute Gasteiger partial charge is 0.381 e. The molecule has 1 heterocycles. The summed E-state index contributed by atoms with van der Waals surface area (Å²) in [4.78, 5) is 4.38. The molecule has 2 aromatic rings. The van der Waals surface area contributed by atoms with Crippen molar-refractivity contribution in [3.05, 3.63) is 23.8 Å². The van der Waals surface area contributed by atoms with Crippen LogP contribution in [0.3, 0.4) is 0 Å². The summed E-state index contributed by atoms with van der Waals surface area (Å²) in [6.07, 6.45) is 1.14. The normalized spacial score (nSPS) is 24.3. The SMILES string of the molecule is COC1CC(n2c(N)nc3c(C#N)cccc32)C1(C)C. The Kier molecular flexibility index (Phi) is 2.73. The topological polar surface area (TPSA) is 76.9 Å². The number of para-hydroxylation sites is 1. The lowest BCUT2D eigenvalue weighted by Gasteiger charge is -2.51. The second-order valence-electron chi connectivity index (χ2n) is 5.92. The molecule has 0 saturated heterocycles. The number of rotatable bonds is 2. The molecule has 5 nitrogen and oxygen atoms in total. The Morgan fingerprint density at radius 3 is 2.85 bits per heavy atom. The second-order valence-corrected chi connectivity index (χ2v) is 5.92. The number of anilines is 1. The number of aromatic nitrogens is 2. The van der Waals surface area contributed by atoms with Crippen LogP contribution in [0.5, 0.6) is 0 Å². The van der Waals surface area contributed by atoms with Gasteiger partial charge in [-0.25, -0.2) is 4.98 Å². The first-order valence-electron chi connectivity index (χ1n) is 6.70. The van der Waals surface area contributed by atoms with Crippen molar-refractivity contribution in [1.82, 2.24) is 9.55 Å². The van der Waals surface area contributed by atoms with Gasteiger partial charge in [-0.05, 0) is 18.6 Å². The van der Waals surface area contributed by atoms with Crippen LogP contribution in [0.4, 0.5) is 5.95 Å². The zero-order chi connectivity index (χ0) is 14.5. The number of imidazole rings is 1. The van der Waals surface area contributed by atoms with Crippen molar-refractivity contribution in [2.75, 3.05) is 12.8 Å². The molecule has 1 aliphatic rings. The number of fused-ring (bicyclic) bond motifs is 1. The molecule has 1 fully saturated rings. The van der Waals surface area contributed by atoms with Crippen molar-refractivity contribution in [2.45, 2.75) is 32.4 Å². The maximum atomic E-state index is 9.17. The van der Waals surface area contributed by atoms with Crippen molar-refractivity contribution in [2.24, 2.45) is 5.41 Å². The molecule has 1 aromatic heterocycles. The number of nitrogens with zero attached hydrogens (tertiary/aromatic N) is 3. The summed E-state index contributed by atoms with van der Waals surface area (Å²) in [5, 5.41) is 9.17. The molecule has 0 bridgehead atoms. The van der Waals surface area contributed by atoms with E-state index in [1.807, 2.05) is 16.7 Å². The molecular weight excluding hydrogens is 252 g/mol. The van der Waals surface area contributed by atoms with E-state index in [0.29, 0.717) is 17.0 Å². The van der Waals surface area contributed by atoms with Gasteiger partial charge in [0.1, 0.15) is 11.6 Å². The first-order chi connectivity index (χ1) is 9.50. The average Bonchev–Trinajstić information content (AvgIpc) is 2.74. The van der Waals surface area contributed by atoms with Crippen LogP contribution in [-0.4, -0.2) is 22.8 Å². The molecule has 2 N–H and O–H groups in total. The van der Waals surface area contributed by atoms with Gasteiger partial charge in [-0.15, -0.1) is 0 Å². The van der Waals surface area contributed by atoms with Crippen LogP contribution in [0.25, 0.3) is 11.0 Å². The lowest BCUT2D eigenvalue weighted by molar-refractivity contribution is -0.110. The number of nitrogens with two attached hydrogens (primary N) is 1. The summed E-state index contributed by atoms with van der Waals surface area (Å²) < 4.78 is 7.55. The summed E-state index contributed by atoms with van der Waals surface area (Å²) >= 11 is 0. The molecule has 1 aromatic carbocycles. The van der Waals surface area contributed by atoms with E-state index in [0.717, 1.165) is 11.9 Å². The van der Waals surface area contributed by atoms with Gasteiger partial charge in [0.2, 0.25) is 5.95 Å². The summed E-state index contributed by atoms with van der Waals surface area (Å²) in [6, 6.07) is 8.02. The minimum absolute atomic E-state index is 0.000845. The zero-order valence-corrected chi connectivity index (χ0v) is 11.9. The lowest BCUT2D eigenvalue weighted by atomic mass is 9.64. The standard InChI is InChI=1S/C15H18N4O/c1-15(2)11(7-12(15)20-3)19-10-6-4-5-9(8-16)13(10)18-14(19)17/h4-6,11-12H,7H2,1-3H3,(H2,17,18). The van der Waals surface area contributed by atoms with Crippen molar-refractivity contribution in [1.29, 1.82) is 5.26 Å². The third-order valence-corrected chi connectivity index (χ3v) is 4.59. The zero-order valence-electron chi connectivity index (χ0n) is 11.9. The first-order valence-corrected chi connectivity index (χ1v) is 6.70. The van der Waals surface area contributed by atoms with E-state index in [-0.39, 0.29) is 17.6 Å². The number of nitriles is 1. The maximum Gasteiger partial charge on any atom is 0.201 e. The fraction of sp³-hybridized carbons (Fsp3) is 0.467. The van der Waals surface area contributed by atoms with Gasteiger partial charge in [-0.3, -0.25) is 0 Å². The fourth-order valence-corrected chi connectivity index (χ4v) is 3.26. The van der Waals surface area contributed by atoms with Gasteiger partial charge in [0.05, 0.1) is 17.2 Å². The third-order valence-electron chi connectivity index (χ3n) is 4.59. The minimum atomic E-state index is -0.000845. The predicted octanol–water partition coefficient (Wildman–Crippen LogP) is 2.48. The summed E-state index contributed by atoms with van der Waals surface area (Å²) in [6.45, 7) is 4.35. The summed E-state index contributed by atoms with van der Waals surface area (Å²) in [7, 11) is 1.74. The van der Waals surface area contributed by atoms with Crippen molar-refractivity contribution < 1.29 is 4.74 Å². The molecule has 0 spiro atoms. The molecule has 1 aliphatic carbocycles. The van der Waals surface area contributed by atoms with Crippen LogP contribution in [0.1, 0.15) is 31.9 Å². The maximum absolute atomic E-state index is 9.17. The quantitative estimate of drug-likeness (QED) is 0.909. The van der Waals surface area contributed by atoms with E-state index in [1.165, 1.54) is 0 Å². The molecular formula is C15H18N4O.